The molecule has 0 bridgehead atoms. The third-order valence-electron chi connectivity index (χ3n) is 4.36. The Kier molecular flexibility index (Phi) is 4.52. The van der Waals surface area contributed by atoms with E-state index < -0.39 is 11.8 Å². The normalized spacial score (nSPS) is 18.5. The molecule has 1 aliphatic carbocycles. The molecule has 1 aliphatic rings. The number of carbonyl (C=O) groups excluding carboxylic acids is 1. The number of amides is 1. The van der Waals surface area contributed by atoms with Gasteiger partial charge >= 0.3 is 6.18 Å². The first-order valence-electron chi connectivity index (χ1n) is 7.39. The van der Waals surface area contributed by atoms with Crippen LogP contribution in [0.2, 0.25) is 0 Å². The molecule has 1 unspecified atom stereocenters. The third-order valence-corrected chi connectivity index (χ3v) is 4.36. The summed E-state index contributed by atoms with van der Waals surface area (Å²) in [7, 11) is 0. The lowest BCUT2D eigenvalue weighted by atomic mass is 9.90. The van der Waals surface area contributed by atoms with E-state index in [1.807, 2.05) is 6.92 Å². The summed E-state index contributed by atoms with van der Waals surface area (Å²) in [5.41, 5.74) is -2.86. The Balaban J connectivity index is 2.19. The first-order valence-corrected chi connectivity index (χ1v) is 7.39. The highest BCUT2D eigenvalue weighted by atomic mass is 19.4. The van der Waals surface area contributed by atoms with Gasteiger partial charge in [-0.05, 0) is 50.8 Å². The lowest BCUT2D eigenvalue weighted by molar-refractivity contribution is -0.258. The van der Waals surface area contributed by atoms with Crippen LogP contribution in [-0.4, -0.2) is 34.7 Å². The van der Waals surface area contributed by atoms with Crippen LogP contribution in [0.3, 0.4) is 0 Å². The largest absolute Gasteiger partial charge is 0.421 e. The van der Waals surface area contributed by atoms with Crippen molar-refractivity contribution in [3.05, 3.63) is 35.4 Å². The first kappa shape index (κ1) is 16.8. The van der Waals surface area contributed by atoms with Gasteiger partial charge in [-0.3, -0.25) is 4.79 Å². The summed E-state index contributed by atoms with van der Waals surface area (Å²) >= 11 is 0. The molecule has 1 atom stereocenters. The second-order valence-corrected chi connectivity index (χ2v) is 5.82. The Morgan fingerprint density at radius 1 is 1.27 bits per heavy atom. The van der Waals surface area contributed by atoms with Crippen molar-refractivity contribution in [2.75, 3.05) is 6.54 Å². The fourth-order valence-corrected chi connectivity index (χ4v) is 2.53. The maximum absolute atomic E-state index is 12.8. The maximum Gasteiger partial charge on any atom is 0.421 e. The highest BCUT2D eigenvalue weighted by molar-refractivity contribution is 5.94. The molecule has 1 saturated carbocycles. The molecule has 0 aromatic heterocycles. The van der Waals surface area contributed by atoms with Gasteiger partial charge < -0.3 is 10.0 Å². The van der Waals surface area contributed by atoms with Gasteiger partial charge in [-0.15, -0.1) is 0 Å². The Morgan fingerprint density at radius 2 is 1.82 bits per heavy atom. The Morgan fingerprint density at radius 3 is 2.18 bits per heavy atom. The number of carbonyl (C=O) groups is 1. The molecule has 1 fully saturated rings. The van der Waals surface area contributed by atoms with Crippen molar-refractivity contribution in [2.45, 2.75) is 50.9 Å². The lowest BCUT2D eigenvalue weighted by Gasteiger charge is -2.37. The van der Waals surface area contributed by atoms with E-state index >= 15 is 0 Å². The Hall–Kier alpha value is -1.56. The number of alkyl halides is 3. The minimum atomic E-state index is -4.76. The summed E-state index contributed by atoms with van der Waals surface area (Å²) in [5.74, 6) is -0.176. The molecular formula is C16H20F3NO2. The molecule has 0 spiro atoms. The molecule has 3 nitrogen and oxygen atoms in total. The SMILES string of the molecule is CCN(C(=O)c1ccc(C(C)(O)C(F)(F)F)cc1)C1CCC1. The minimum Gasteiger partial charge on any atom is -0.376 e. The van der Waals surface area contributed by atoms with Crippen LogP contribution >= 0.6 is 0 Å². The van der Waals surface area contributed by atoms with Crippen molar-refractivity contribution in [1.82, 2.24) is 4.90 Å². The monoisotopic (exact) mass is 315 g/mol. The predicted octanol–water partition coefficient (Wildman–Crippen LogP) is 3.47. The molecule has 0 radical (unpaired) electrons. The number of halogens is 3. The maximum atomic E-state index is 12.8. The third kappa shape index (κ3) is 2.97. The van der Waals surface area contributed by atoms with Crippen LogP contribution in [0.25, 0.3) is 0 Å². The molecule has 1 aromatic rings. The summed E-state index contributed by atoms with van der Waals surface area (Å²) < 4.78 is 38.4. The van der Waals surface area contributed by atoms with Gasteiger partial charge in [0, 0.05) is 18.2 Å². The van der Waals surface area contributed by atoms with Crippen LogP contribution in [0.5, 0.6) is 0 Å². The summed E-state index contributed by atoms with van der Waals surface area (Å²) in [5, 5.41) is 9.62. The Bertz CT molecular complexity index is 533. The van der Waals surface area contributed by atoms with E-state index in [-0.39, 0.29) is 17.5 Å². The zero-order valence-electron chi connectivity index (χ0n) is 12.7. The zero-order chi connectivity index (χ0) is 16.5. The number of hydrogen-bond donors (Lipinski definition) is 1. The van der Waals surface area contributed by atoms with Crippen molar-refractivity contribution in [3.8, 4) is 0 Å². The summed E-state index contributed by atoms with van der Waals surface area (Å²) in [6, 6.07) is 5.25. The van der Waals surface area contributed by atoms with E-state index in [9.17, 15) is 23.1 Å². The second-order valence-electron chi connectivity index (χ2n) is 5.82. The number of aliphatic hydroxyl groups is 1. The summed E-state index contributed by atoms with van der Waals surface area (Å²) in [6.07, 6.45) is -1.72. The fraction of sp³-hybridized carbons (Fsp3) is 0.562. The zero-order valence-corrected chi connectivity index (χ0v) is 12.7. The second kappa shape index (κ2) is 5.91. The van der Waals surface area contributed by atoms with Gasteiger partial charge in [-0.1, -0.05) is 12.1 Å². The van der Waals surface area contributed by atoms with Crippen molar-refractivity contribution in [1.29, 1.82) is 0 Å². The lowest BCUT2D eigenvalue weighted by Crippen LogP contribution is -2.44. The van der Waals surface area contributed by atoms with Gasteiger partial charge in [-0.25, -0.2) is 0 Å². The topological polar surface area (TPSA) is 40.5 Å². The van der Waals surface area contributed by atoms with Gasteiger partial charge in [0.1, 0.15) is 0 Å². The molecule has 1 aromatic carbocycles. The van der Waals surface area contributed by atoms with Crippen LogP contribution in [0.15, 0.2) is 24.3 Å². The first-order chi connectivity index (χ1) is 10.2. The average Bonchev–Trinajstić information content (AvgIpc) is 2.40. The van der Waals surface area contributed by atoms with Gasteiger partial charge in [0.2, 0.25) is 0 Å². The smallest absolute Gasteiger partial charge is 0.376 e. The van der Waals surface area contributed by atoms with Crippen LogP contribution < -0.4 is 0 Å². The van der Waals surface area contributed by atoms with Gasteiger partial charge in [0.25, 0.3) is 5.91 Å². The molecule has 1 N–H and O–H groups in total. The van der Waals surface area contributed by atoms with E-state index in [1.54, 1.807) is 4.90 Å². The van der Waals surface area contributed by atoms with Crippen LogP contribution in [0.4, 0.5) is 13.2 Å². The average molecular weight is 315 g/mol. The summed E-state index contributed by atoms with van der Waals surface area (Å²) in [4.78, 5) is 14.2. The molecule has 6 heteroatoms. The van der Waals surface area contributed by atoms with E-state index in [1.165, 1.54) is 12.1 Å². The van der Waals surface area contributed by atoms with Crippen molar-refractivity contribution >= 4 is 5.91 Å². The van der Waals surface area contributed by atoms with Crippen molar-refractivity contribution in [3.63, 3.8) is 0 Å². The van der Waals surface area contributed by atoms with Crippen LogP contribution in [0, 0.1) is 0 Å². The van der Waals surface area contributed by atoms with Gasteiger partial charge in [0.05, 0.1) is 0 Å². The minimum absolute atomic E-state index is 0.176. The number of benzene rings is 1. The van der Waals surface area contributed by atoms with E-state index in [4.69, 9.17) is 0 Å². The quantitative estimate of drug-likeness (QED) is 0.924. The molecule has 22 heavy (non-hydrogen) atoms. The summed E-state index contributed by atoms with van der Waals surface area (Å²) in [6.45, 7) is 3.17. The molecule has 0 saturated heterocycles. The number of rotatable bonds is 4. The predicted molar refractivity (Wildman–Crippen MR) is 76.4 cm³/mol. The molecule has 2 rings (SSSR count). The van der Waals surface area contributed by atoms with E-state index in [2.05, 4.69) is 0 Å². The highest BCUT2D eigenvalue weighted by Gasteiger charge is 2.51. The van der Waals surface area contributed by atoms with Crippen LogP contribution in [0.1, 0.15) is 49.0 Å². The molecule has 122 valence electrons. The number of hydrogen-bond acceptors (Lipinski definition) is 2. The standard InChI is InChI=1S/C16H20F3NO2/c1-3-20(13-5-4-6-13)14(21)11-7-9-12(10-8-11)15(2,22)16(17,18)19/h7-10,13,22H,3-6H2,1-2H3. The molecule has 0 heterocycles. The Labute approximate surface area is 127 Å². The molecule has 0 aliphatic heterocycles. The highest BCUT2D eigenvalue weighted by Crippen LogP contribution is 2.38. The molecular weight excluding hydrogens is 295 g/mol. The van der Waals surface area contributed by atoms with Crippen molar-refractivity contribution in [2.24, 2.45) is 0 Å². The van der Waals surface area contributed by atoms with Gasteiger partial charge in [0.15, 0.2) is 5.60 Å². The number of nitrogens with zero attached hydrogens (tertiary/aromatic N) is 1. The van der Waals surface area contributed by atoms with E-state index in [0.29, 0.717) is 19.0 Å². The van der Waals surface area contributed by atoms with Gasteiger partial charge in [-0.2, -0.15) is 13.2 Å². The van der Waals surface area contributed by atoms with Crippen molar-refractivity contribution < 1.29 is 23.1 Å². The van der Waals surface area contributed by atoms with E-state index in [0.717, 1.165) is 31.4 Å². The molecule has 1 amide bonds. The fourth-order valence-electron chi connectivity index (χ4n) is 2.53. The van der Waals surface area contributed by atoms with Crippen LogP contribution in [-0.2, 0) is 5.60 Å².